The van der Waals surface area contributed by atoms with Crippen molar-refractivity contribution in [2.45, 2.75) is 19.3 Å². The summed E-state index contributed by atoms with van der Waals surface area (Å²) in [5.41, 5.74) is 0. The maximum atomic E-state index is 10.1. The molecule has 0 unspecified atom stereocenters. The summed E-state index contributed by atoms with van der Waals surface area (Å²) in [5.74, 6) is -1.32. The van der Waals surface area contributed by atoms with E-state index in [1.54, 1.807) is 0 Å². The zero-order valence-electron chi connectivity index (χ0n) is 5.86. The van der Waals surface area contributed by atoms with Gasteiger partial charge in [-0.05, 0) is 12.8 Å². The summed E-state index contributed by atoms with van der Waals surface area (Å²) in [7, 11) is -3.91. The van der Waals surface area contributed by atoms with Crippen LogP contribution in [-0.4, -0.2) is 29.8 Å². The summed E-state index contributed by atoms with van der Waals surface area (Å²) in [6, 6.07) is 0. The average Bonchev–Trinajstić information content (AvgIpc) is 1.78. The highest BCUT2D eigenvalue weighted by Gasteiger charge is 2.04. The monoisotopic (exact) mass is 182 g/mol. The largest absolute Gasteiger partial charge is 0.481 e. The van der Waals surface area contributed by atoms with Crippen molar-refractivity contribution < 1.29 is 22.9 Å². The maximum absolute atomic E-state index is 10.1. The van der Waals surface area contributed by atoms with Crippen LogP contribution in [0.2, 0.25) is 0 Å². The highest BCUT2D eigenvalue weighted by atomic mass is 32.2. The van der Waals surface area contributed by atoms with E-state index in [0.29, 0.717) is 0 Å². The molecular weight excluding hydrogens is 172 g/mol. The van der Waals surface area contributed by atoms with Gasteiger partial charge in [0.2, 0.25) is 0 Å². The Morgan fingerprint density at radius 1 is 1.27 bits per heavy atom. The Hall–Kier alpha value is -0.620. The quantitative estimate of drug-likeness (QED) is 0.465. The van der Waals surface area contributed by atoms with E-state index >= 15 is 0 Å². The molecule has 5 nitrogen and oxygen atoms in total. The van der Waals surface area contributed by atoms with Gasteiger partial charge in [0, 0.05) is 6.42 Å². The fourth-order valence-corrected chi connectivity index (χ4v) is 1.13. The fourth-order valence-electron chi connectivity index (χ4n) is 0.561. The van der Waals surface area contributed by atoms with E-state index in [-0.39, 0.29) is 25.0 Å². The Kier molecular flexibility index (Phi) is 4.06. The molecule has 0 aromatic heterocycles. The first kappa shape index (κ1) is 10.4. The lowest BCUT2D eigenvalue weighted by molar-refractivity contribution is -0.137. The van der Waals surface area contributed by atoms with Crippen LogP contribution in [0.1, 0.15) is 19.3 Å². The standard InChI is InChI=1S/C5H10O5S/c6-5(7)3-1-2-4-11(8,9)10/h1-4H2,(H,6,7)(H,8,9,10). The van der Waals surface area contributed by atoms with Gasteiger partial charge in [-0.3, -0.25) is 9.35 Å². The summed E-state index contributed by atoms with van der Waals surface area (Å²) < 4.78 is 28.4. The zero-order chi connectivity index (χ0) is 8.91. The van der Waals surface area contributed by atoms with Gasteiger partial charge in [0.25, 0.3) is 10.1 Å². The van der Waals surface area contributed by atoms with Gasteiger partial charge in [-0.15, -0.1) is 0 Å². The molecule has 11 heavy (non-hydrogen) atoms. The van der Waals surface area contributed by atoms with Crippen molar-refractivity contribution in [3.8, 4) is 0 Å². The molecule has 0 radical (unpaired) electrons. The predicted octanol–water partition coefficient (Wildman–Crippen LogP) is 0.129. The van der Waals surface area contributed by atoms with Gasteiger partial charge in [0.15, 0.2) is 0 Å². The Balaban J connectivity index is 3.37. The minimum absolute atomic E-state index is 0.0600. The first-order valence-corrected chi connectivity index (χ1v) is 4.70. The van der Waals surface area contributed by atoms with Crippen molar-refractivity contribution in [1.82, 2.24) is 0 Å². The summed E-state index contributed by atoms with van der Waals surface area (Å²) >= 11 is 0. The van der Waals surface area contributed by atoms with Gasteiger partial charge in [0.05, 0.1) is 5.75 Å². The topological polar surface area (TPSA) is 91.7 Å². The Bertz CT molecular complexity index is 217. The Labute approximate surface area is 64.8 Å². The molecule has 0 heterocycles. The van der Waals surface area contributed by atoms with Crippen LogP contribution in [0.25, 0.3) is 0 Å². The molecule has 0 fully saturated rings. The highest BCUT2D eigenvalue weighted by Crippen LogP contribution is 1.97. The minimum atomic E-state index is -3.91. The number of carboxylic acid groups (broad SMARTS) is 1. The third kappa shape index (κ3) is 9.38. The number of rotatable bonds is 5. The normalized spacial score (nSPS) is 11.4. The second-order valence-electron chi connectivity index (χ2n) is 2.14. The van der Waals surface area contributed by atoms with Crippen LogP contribution in [0, 0.1) is 0 Å². The van der Waals surface area contributed by atoms with Gasteiger partial charge in [0.1, 0.15) is 0 Å². The molecule has 2 N–H and O–H groups in total. The van der Waals surface area contributed by atoms with Crippen molar-refractivity contribution in [3.05, 3.63) is 0 Å². The smallest absolute Gasteiger partial charge is 0.303 e. The molecule has 0 atom stereocenters. The maximum Gasteiger partial charge on any atom is 0.303 e. The molecule has 0 spiro atoms. The molecule has 66 valence electrons. The molecular formula is C5H10O5S. The van der Waals surface area contributed by atoms with E-state index in [2.05, 4.69) is 0 Å². The lowest BCUT2D eigenvalue weighted by Crippen LogP contribution is -2.04. The van der Waals surface area contributed by atoms with Crippen LogP contribution in [-0.2, 0) is 14.9 Å². The second-order valence-corrected chi connectivity index (χ2v) is 3.71. The van der Waals surface area contributed by atoms with E-state index in [0.717, 1.165) is 0 Å². The van der Waals surface area contributed by atoms with Crippen molar-refractivity contribution in [1.29, 1.82) is 0 Å². The molecule has 0 aliphatic heterocycles. The SMILES string of the molecule is O=C(O)CCCCS(=O)(=O)O. The van der Waals surface area contributed by atoms with Crippen molar-refractivity contribution in [2.24, 2.45) is 0 Å². The number of carbonyl (C=O) groups is 1. The lowest BCUT2D eigenvalue weighted by Gasteiger charge is -1.94. The summed E-state index contributed by atoms with van der Waals surface area (Å²) in [5, 5.41) is 8.13. The van der Waals surface area contributed by atoms with Gasteiger partial charge < -0.3 is 5.11 Å². The van der Waals surface area contributed by atoms with Crippen LogP contribution < -0.4 is 0 Å². The molecule has 0 aliphatic rings. The van der Waals surface area contributed by atoms with Crippen LogP contribution in [0.15, 0.2) is 0 Å². The third-order valence-electron chi connectivity index (χ3n) is 1.04. The van der Waals surface area contributed by atoms with Crippen LogP contribution in [0.5, 0.6) is 0 Å². The predicted molar refractivity (Wildman–Crippen MR) is 37.9 cm³/mol. The molecule has 0 rings (SSSR count). The van der Waals surface area contributed by atoms with Crippen LogP contribution in [0.3, 0.4) is 0 Å². The number of aliphatic carboxylic acids is 1. The molecule has 0 aliphatic carbocycles. The fraction of sp³-hybridized carbons (Fsp3) is 0.800. The Morgan fingerprint density at radius 2 is 1.82 bits per heavy atom. The van der Waals surface area contributed by atoms with E-state index < -0.39 is 16.1 Å². The molecule has 0 saturated heterocycles. The van der Waals surface area contributed by atoms with Crippen molar-refractivity contribution in [2.75, 3.05) is 5.75 Å². The lowest BCUT2D eigenvalue weighted by atomic mass is 10.3. The van der Waals surface area contributed by atoms with Gasteiger partial charge in [-0.2, -0.15) is 8.42 Å². The molecule has 0 aromatic carbocycles. The molecule has 0 aromatic rings. The molecule has 0 amide bonds. The van der Waals surface area contributed by atoms with Crippen LogP contribution >= 0.6 is 0 Å². The van der Waals surface area contributed by atoms with E-state index in [1.165, 1.54) is 0 Å². The first-order valence-electron chi connectivity index (χ1n) is 3.09. The Morgan fingerprint density at radius 3 is 2.18 bits per heavy atom. The van der Waals surface area contributed by atoms with E-state index in [1.807, 2.05) is 0 Å². The molecule has 0 bridgehead atoms. The number of hydrogen-bond acceptors (Lipinski definition) is 3. The highest BCUT2D eigenvalue weighted by molar-refractivity contribution is 7.85. The third-order valence-corrected chi connectivity index (χ3v) is 1.85. The summed E-state index contributed by atoms with van der Waals surface area (Å²) in [6.07, 6.45) is 0.399. The van der Waals surface area contributed by atoms with Gasteiger partial charge in [-0.25, -0.2) is 0 Å². The van der Waals surface area contributed by atoms with E-state index in [4.69, 9.17) is 9.66 Å². The number of hydrogen-bond donors (Lipinski definition) is 2. The zero-order valence-corrected chi connectivity index (χ0v) is 6.67. The van der Waals surface area contributed by atoms with Crippen molar-refractivity contribution >= 4 is 16.1 Å². The molecule has 0 saturated carbocycles. The van der Waals surface area contributed by atoms with Crippen LogP contribution in [0.4, 0.5) is 0 Å². The molecule has 6 heteroatoms. The second kappa shape index (κ2) is 4.30. The summed E-state index contributed by atoms with van der Waals surface area (Å²) in [4.78, 5) is 9.91. The number of unbranched alkanes of at least 4 members (excludes halogenated alkanes) is 1. The van der Waals surface area contributed by atoms with Crippen molar-refractivity contribution in [3.63, 3.8) is 0 Å². The number of carboxylic acids is 1. The summed E-state index contributed by atoms with van der Waals surface area (Å²) in [6.45, 7) is 0. The van der Waals surface area contributed by atoms with Gasteiger partial charge >= 0.3 is 5.97 Å². The average molecular weight is 182 g/mol. The minimum Gasteiger partial charge on any atom is -0.481 e. The first-order chi connectivity index (χ1) is 4.92. The van der Waals surface area contributed by atoms with E-state index in [9.17, 15) is 13.2 Å². The van der Waals surface area contributed by atoms with Gasteiger partial charge in [-0.1, -0.05) is 0 Å².